The molecule has 0 fully saturated rings. The lowest BCUT2D eigenvalue weighted by Crippen LogP contribution is -2.21. The van der Waals surface area contributed by atoms with Crippen molar-refractivity contribution in [2.75, 3.05) is 7.11 Å². The fraction of sp³-hybridized carbons (Fsp3) is 0.0455. The first-order valence-corrected chi connectivity index (χ1v) is 8.16. The Labute approximate surface area is 138 Å². The van der Waals surface area contributed by atoms with Gasteiger partial charge in [0, 0.05) is 28.3 Å². The maximum atomic E-state index is 5.74. The van der Waals surface area contributed by atoms with E-state index >= 15 is 0 Å². The van der Waals surface area contributed by atoms with Gasteiger partial charge in [-0.05, 0) is 22.2 Å². The standard InChI is InChI=1S/C22H14NO/c1-24-17-8-7-14-5-6-15-10-12-23-11-9-13-3-2-4-16-18(13)22(23)20(15)19(14)21(16)17/h2-12H,1H3/q+1. The highest BCUT2D eigenvalue weighted by molar-refractivity contribution is 6.35. The molecule has 112 valence electrons. The maximum absolute atomic E-state index is 5.74. The monoisotopic (exact) mass is 308 g/mol. The lowest BCUT2D eigenvalue weighted by Gasteiger charge is -2.15. The molecule has 0 aliphatic rings. The number of benzene rings is 4. The fourth-order valence-electron chi connectivity index (χ4n) is 4.33. The number of rotatable bonds is 1. The molecule has 4 aromatic carbocycles. The average molecular weight is 308 g/mol. The minimum Gasteiger partial charge on any atom is -0.496 e. The third kappa shape index (κ3) is 1.27. The van der Waals surface area contributed by atoms with E-state index < -0.39 is 0 Å². The van der Waals surface area contributed by atoms with E-state index in [-0.39, 0.29) is 0 Å². The van der Waals surface area contributed by atoms with Gasteiger partial charge in [-0.2, -0.15) is 4.40 Å². The van der Waals surface area contributed by atoms with Gasteiger partial charge in [-0.25, -0.2) is 0 Å². The molecule has 0 aliphatic heterocycles. The lowest BCUT2D eigenvalue weighted by atomic mass is 9.89. The Morgan fingerprint density at radius 1 is 0.667 bits per heavy atom. The number of fused-ring (bicyclic) bond motifs is 1. The highest BCUT2D eigenvalue weighted by Gasteiger charge is 2.23. The molecule has 2 heterocycles. The van der Waals surface area contributed by atoms with Crippen molar-refractivity contribution in [1.29, 1.82) is 0 Å². The van der Waals surface area contributed by atoms with E-state index in [9.17, 15) is 0 Å². The summed E-state index contributed by atoms with van der Waals surface area (Å²) < 4.78 is 7.99. The van der Waals surface area contributed by atoms with Crippen LogP contribution < -0.4 is 9.14 Å². The molecular formula is C22H14NO+. The van der Waals surface area contributed by atoms with Crippen LogP contribution in [0.5, 0.6) is 5.75 Å². The molecule has 0 bridgehead atoms. The third-order valence-electron chi connectivity index (χ3n) is 5.33. The zero-order chi connectivity index (χ0) is 15.8. The molecule has 0 saturated heterocycles. The van der Waals surface area contributed by atoms with Gasteiger partial charge in [0.2, 0.25) is 5.52 Å². The molecule has 0 saturated carbocycles. The van der Waals surface area contributed by atoms with Crippen molar-refractivity contribution < 1.29 is 9.14 Å². The van der Waals surface area contributed by atoms with Crippen LogP contribution in [0.1, 0.15) is 0 Å². The van der Waals surface area contributed by atoms with E-state index in [4.69, 9.17) is 4.74 Å². The number of pyridine rings is 2. The Kier molecular flexibility index (Phi) is 2.07. The Balaban J connectivity index is 2.16. The summed E-state index contributed by atoms with van der Waals surface area (Å²) in [5.41, 5.74) is 1.30. The van der Waals surface area contributed by atoms with E-state index in [1.807, 2.05) is 0 Å². The molecule has 0 atom stereocenters. The topological polar surface area (TPSA) is 13.3 Å². The van der Waals surface area contributed by atoms with Crippen molar-refractivity contribution in [1.82, 2.24) is 0 Å². The molecule has 24 heavy (non-hydrogen) atoms. The molecular weight excluding hydrogens is 294 g/mol. The normalized spacial score (nSPS) is 12.4. The zero-order valence-corrected chi connectivity index (χ0v) is 13.2. The Morgan fingerprint density at radius 3 is 2.17 bits per heavy atom. The minimum absolute atomic E-state index is 0.944. The van der Waals surface area contributed by atoms with Crippen LogP contribution in [-0.4, -0.2) is 7.11 Å². The van der Waals surface area contributed by atoms with Crippen molar-refractivity contribution in [2.24, 2.45) is 0 Å². The van der Waals surface area contributed by atoms with Crippen LogP contribution in [0.25, 0.3) is 48.6 Å². The van der Waals surface area contributed by atoms with E-state index in [1.54, 1.807) is 7.11 Å². The molecule has 2 heteroatoms. The van der Waals surface area contributed by atoms with Crippen LogP contribution >= 0.6 is 0 Å². The van der Waals surface area contributed by atoms with Crippen LogP contribution in [0.4, 0.5) is 0 Å². The summed E-state index contributed by atoms with van der Waals surface area (Å²) in [5.74, 6) is 0.944. The van der Waals surface area contributed by atoms with E-state index in [2.05, 4.69) is 71.4 Å². The summed E-state index contributed by atoms with van der Waals surface area (Å²) in [6.45, 7) is 0. The number of nitrogens with zero attached hydrogens (tertiary/aromatic N) is 1. The van der Waals surface area contributed by atoms with Crippen molar-refractivity contribution in [3.05, 3.63) is 67.0 Å². The maximum Gasteiger partial charge on any atom is 0.227 e. The van der Waals surface area contributed by atoms with Crippen molar-refractivity contribution >= 4 is 48.6 Å². The number of methoxy groups -OCH3 is 1. The second-order valence-corrected chi connectivity index (χ2v) is 6.43. The first kappa shape index (κ1) is 12.3. The van der Waals surface area contributed by atoms with Gasteiger partial charge in [-0.1, -0.05) is 36.4 Å². The molecule has 0 spiro atoms. The Hall–Kier alpha value is -3.13. The quantitative estimate of drug-likeness (QED) is 0.239. The van der Waals surface area contributed by atoms with Gasteiger partial charge >= 0.3 is 0 Å². The van der Waals surface area contributed by atoms with E-state index in [1.165, 1.54) is 48.6 Å². The smallest absolute Gasteiger partial charge is 0.227 e. The van der Waals surface area contributed by atoms with E-state index in [0.717, 1.165) is 5.75 Å². The average Bonchev–Trinajstić information content (AvgIpc) is 2.65. The van der Waals surface area contributed by atoms with Crippen LogP contribution in [0.2, 0.25) is 0 Å². The summed E-state index contributed by atoms with van der Waals surface area (Å²) in [6, 6.07) is 19.6. The number of ether oxygens (including phenoxy) is 1. The SMILES string of the molecule is COc1ccc2ccc3cc[n+]4ccc5cccc6c1c2c3c4c56. The lowest BCUT2D eigenvalue weighted by molar-refractivity contribution is -0.509. The largest absolute Gasteiger partial charge is 0.496 e. The summed E-state index contributed by atoms with van der Waals surface area (Å²) in [6.07, 6.45) is 4.32. The molecule has 0 unspecified atom stereocenters. The molecule has 0 radical (unpaired) electrons. The predicted octanol–water partition coefficient (Wildman–Crippen LogP) is 4.92. The van der Waals surface area contributed by atoms with Gasteiger partial charge in [0.25, 0.3) is 0 Å². The fourth-order valence-corrected chi connectivity index (χ4v) is 4.33. The number of hydrogen-bond acceptors (Lipinski definition) is 1. The van der Waals surface area contributed by atoms with Crippen LogP contribution in [0.3, 0.4) is 0 Å². The van der Waals surface area contributed by atoms with Gasteiger partial charge in [0.15, 0.2) is 12.4 Å². The molecule has 0 amide bonds. The molecule has 0 N–H and O–H groups in total. The predicted molar refractivity (Wildman–Crippen MR) is 98.6 cm³/mol. The molecule has 2 nitrogen and oxygen atoms in total. The van der Waals surface area contributed by atoms with Gasteiger partial charge in [-0.15, -0.1) is 0 Å². The van der Waals surface area contributed by atoms with Crippen LogP contribution in [0, 0.1) is 0 Å². The zero-order valence-electron chi connectivity index (χ0n) is 13.2. The Bertz CT molecular complexity index is 1370. The summed E-state index contributed by atoms with van der Waals surface area (Å²) in [7, 11) is 1.76. The van der Waals surface area contributed by atoms with E-state index in [0.29, 0.717) is 0 Å². The first-order valence-electron chi connectivity index (χ1n) is 8.16. The van der Waals surface area contributed by atoms with Gasteiger partial charge < -0.3 is 4.74 Å². The summed E-state index contributed by atoms with van der Waals surface area (Å²) in [5, 5.41) is 10.2. The summed E-state index contributed by atoms with van der Waals surface area (Å²) in [4.78, 5) is 0. The first-order chi connectivity index (χ1) is 11.9. The minimum atomic E-state index is 0.944. The highest BCUT2D eigenvalue weighted by Crippen LogP contribution is 2.44. The van der Waals surface area contributed by atoms with Gasteiger partial charge in [0.1, 0.15) is 5.75 Å². The van der Waals surface area contributed by atoms with Crippen molar-refractivity contribution in [3.63, 3.8) is 0 Å². The summed E-state index contributed by atoms with van der Waals surface area (Å²) >= 11 is 0. The number of aromatic nitrogens is 1. The number of hydrogen-bond donors (Lipinski definition) is 0. The molecule has 6 aromatic rings. The molecule has 0 aliphatic carbocycles. The Morgan fingerprint density at radius 2 is 1.38 bits per heavy atom. The van der Waals surface area contributed by atoms with Gasteiger partial charge in [0.05, 0.1) is 17.9 Å². The second kappa shape index (κ2) is 4.04. The molecule has 2 aromatic heterocycles. The van der Waals surface area contributed by atoms with Crippen molar-refractivity contribution in [3.8, 4) is 5.75 Å². The van der Waals surface area contributed by atoms with Gasteiger partial charge in [-0.3, -0.25) is 0 Å². The second-order valence-electron chi connectivity index (χ2n) is 6.43. The highest BCUT2D eigenvalue weighted by atomic mass is 16.5. The van der Waals surface area contributed by atoms with Crippen LogP contribution in [-0.2, 0) is 0 Å². The third-order valence-corrected chi connectivity index (χ3v) is 5.33. The van der Waals surface area contributed by atoms with Crippen LogP contribution in [0.15, 0.2) is 67.0 Å². The molecule has 6 rings (SSSR count). The van der Waals surface area contributed by atoms with Crippen molar-refractivity contribution in [2.45, 2.75) is 0 Å².